The van der Waals surface area contributed by atoms with Crippen LogP contribution in [0.2, 0.25) is 0 Å². The number of carbonyl (C=O) groups excluding carboxylic acids is 1. The second-order valence-corrected chi connectivity index (χ2v) is 5.92. The van der Waals surface area contributed by atoms with Crippen molar-refractivity contribution in [3.05, 3.63) is 71.5 Å². The number of nitrogens with one attached hydrogen (secondary N) is 2. The maximum Gasteiger partial charge on any atom is 0.234 e. The molecule has 0 aliphatic carbocycles. The molecule has 2 N–H and O–H groups in total. The third-order valence-corrected chi connectivity index (χ3v) is 3.71. The Hall–Kier alpha value is -2.20. The smallest absolute Gasteiger partial charge is 0.234 e. The molecule has 0 spiro atoms. The highest BCUT2D eigenvalue weighted by Gasteiger charge is 2.16. The Bertz CT molecular complexity index is 611. The maximum atomic E-state index is 13.0. The van der Waals surface area contributed by atoms with Crippen molar-refractivity contribution in [1.82, 2.24) is 10.6 Å². The lowest BCUT2D eigenvalue weighted by atomic mass is 9.96. The first-order valence-corrected chi connectivity index (χ1v) is 7.85. The first kappa shape index (κ1) is 17.2. The molecule has 2 aromatic carbocycles. The van der Waals surface area contributed by atoms with Gasteiger partial charge < -0.3 is 10.6 Å². The predicted octanol–water partition coefficient (Wildman–Crippen LogP) is 3.43. The second-order valence-electron chi connectivity index (χ2n) is 5.92. The molecule has 122 valence electrons. The molecule has 0 saturated carbocycles. The number of carbonyl (C=O) groups is 1. The second kappa shape index (κ2) is 8.44. The van der Waals surface area contributed by atoms with E-state index in [0.717, 1.165) is 11.1 Å². The van der Waals surface area contributed by atoms with Crippen LogP contribution in [0, 0.1) is 11.7 Å². The molecule has 23 heavy (non-hydrogen) atoms. The molecule has 0 aliphatic heterocycles. The van der Waals surface area contributed by atoms with Gasteiger partial charge in [-0.15, -0.1) is 0 Å². The Morgan fingerprint density at radius 3 is 2.30 bits per heavy atom. The number of halogens is 1. The lowest BCUT2D eigenvalue weighted by molar-refractivity contribution is -0.120. The van der Waals surface area contributed by atoms with Gasteiger partial charge >= 0.3 is 0 Å². The zero-order valence-electron chi connectivity index (χ0n) is 13.6. The molecule has 0 bridgehead atoms. The molecular weight excluding hydrogens is 291 g/mol. The van der Waals surface area contributed by atoms with Crippen LogP contribution in [-0.4, -0.2) is 12.5 Å². The van der Waals surface area contributed by atoms with Crippen LogP contribution in [0.15, 0.2) is 54.6 Å². The molecule has 3 nitrogen and oxygen atoms in total. The molecule has 1 amide bonds. The van der Waals surface area contributed by atoms with Gasteiger partial charge in [0.1, 0.15) is 5.82 Å². The van der Waals surface area contributed by atoms with Crippen molar-refractivity contribution in [1.29, 1.82) is 0 Å². The first-order chi connectivity index (χ1) is 11.1. The van der Waals surface area contributed by atoms with Crippen LogP contribution in [0.1, 0.15) is 31.0 Å². The van der Waals surface area contributed by atoms with E-state index in [4.69, 9.17) is 0 Å². The molecule has 0 aliphatic rings. The fourth-order valence-corrected chi connectivity index (χ4v) is 2.47. The third kappa shape index (κ3) is 5.49. The summed E-state index contributed by atoms with van der Waals surface area (Å²) in [6.45, 7) is 4.89. The van der Waals surface area contributed by atoms with E-state index in [1.807, 2.05) is 30.3 Å². The van der Waals surface area contributed by atoms with E-state index < -0.39 is 0 Å². The Kier molecular flexibility index (Phi) is 6.29. The van der Waals surface area contributed by atoms with Gasteiger partial charge in [0.05, 0.1) is 6.54 Å². The molecular formula is C19H23FN2O. The molecule has 0 saturated heterocycles. The summed E-state index contributed by atoms with van der Waals surface area (Å²) in [7, 11) is 0. The van der Waals surface area contributed by atoms with Crippen LogP contribution >= 0.6 is 0 Å². The third-order valence-electron chi connectivity index (χ3n) is 3.71. The van der Waals surface area contributed by atoms with E-state index in [0.29, 0.717) is 12.5 Å². The van der Waals surface area contributed by atoms with Gasteiger partial charge in [0.15, 0.2) is 0 Å². The molecule has 2 aromatic rings. The van der Waals surface area contributed by atoms with E-state index >= 15 is 0 Å². The quantitative estimate of drug-likeness (QED) is 0.822. The number of hydrogen-bond donors (Lipinski definition) is 2. The van der Waals surface area contributed by atoms with Crippen molar-refractivity contribution in [3.8, 4) is 0 Å². The summed E-state index contributed by atoms with van der Waals surface area (Å²) in [5.41, 5.74) is 2.05. The number of rotatable bonds is 7. The minimum absolute atomic E-state index is 0.0121. The van der Waals surface area contributed by atoms with Gasteiger partial charge in [-0.1, -0.05) is 56.3 Å². The maximum absolute atomic E-state index is 13.0. The van der Waals surface area contributed by atoms with Gasteiger partial charge in [-0.2, -0.15) is 0 Å². The highest BCUT2D eigenvalue weighted by atomic mass is 19.1. The van der Waals surface area contributed by atoms with Gasteiger partial charge in [0.2, 0.25) is 5.91 Å². The van der Waals surface area contributed by atoms with E-state index in [1.54, 1.807) is 12.1 Å². The molecule has 2 rings (SSSR count). The summed E-state index contributed by atoms with van der Waals surface area (Å²) in [6, 6.07) is 16.2. The number of amides is 1. The lowest BCUT2D eigenvalue weighted by Crippen LogP contribution is -2.37. The number of benzene rings is 2. The summed E-state index contributed by atoms with van der Waals surface area (Å²) in [6.07, 6.45) is 0. The predicted molar refractivity (Wildman–Crippen MR) is 90.3 cm³/mol. The molecule has 1 atom stereocenters. The van der Waals surface area contributed by atoms with E-state index in [2.05, 4.69) is 24.5 Å². The van der Waals surface area contributed by atoms with E-state index in [9.17, 15) is 9.18 Å². The van der Waals surface area contributed by atoms with Crippen molar-refractivity contribution in [2.45, 2.75) is 26.4 Å². The Morgan fingerprint density at radius 1 is 1.04 bits per heavy atom. The van der Waals surface area contributed by atoms with Crippen LogP contribution in [0.25, 0.3) is 0 Å². The molecule has 0 heterocycles. The Labute approximate surface area is 136 Å². The van der Waals surface area contributed by atoms with Crippen molar-refractivity contribution in [3.63, 3.8) is 0 Å². The standard InChI is InChI=1S/C19H23FN2O/c1-14(2)19(16-8-10-17(20)11-9-16)22-13-18(23)21-12-15-6-4-3-5-7-15/h3-11,14,19,22H,12-13H2,1-2H3,(H,21,23)/t19-/m0/s1. The van der Waals surface area contributed by atoms with Crippen molar-refractivity contribution < 1.29 is 9.18 Å². The fraction of sp³-hybridized carbons (Fsp3) is 0.316. The van der Waals surface area contributed by atoms with Gasteiger partial charge in [-0.05, 0) is 29.2 Å². The topological polar surface area (TPSA) is 41.1 Å². The van der Waals surface area contributed by atoms with Crippen LogP contribution in [0.5, 0.6) is 0 Å². The summed E-state index contributed by atoms with van der Waals surface area (Å²) < 4.78 is 13.0. The highest BCUT2D eigenvalue weighted by Crippen LogP contribution is 2.21. The van der Waals surface area contributed by atoms with Crippen molar-refractivity contribution in [2.75, 3.05) is 6.54 Å². The first-order valence-electron chi connectivity index (χ1n) is 7.85. The van der Waals surface area contributed by atoms with Crippen LogP contribution in [0.4, 0.5) is 4.39 Å². The number of hydrogen-bond acceptors (Lipinski definition) is 2. The van der Waals surface area contributed by atoms with Crippen LogP contribution < -0.4 is 10.6 Å². The van der Waals surface area contributed by atoms with Crippen molar-refractivity contribution in [2.24, 2.45) is 5.92 Å². The average molecular weight is 314 g/mol. The summed E-state index contributed by atoms with van der Waals surface area (Å²) in [5.74, 6) is -0.0131. The van der Waals surface area contributed by atoms with Gasteiger partial charge in [-0.3, -0.25) is 4.79 Å². The lowest BCUT2D eigenvalue weighted by Gasteiger charge is -2.22. The van der Waals surface area contributed by atoms with E-state index in [1.165, 1.54) is 12.1 Å². The van der Waals surface area contributed by atoms with Crippen LogP contribution in [0.3, 0.4) is 0 Å². The summed E-state index contributed by atoms with van der Waals surface area (Å²) in [4.78, 5) is 12.0. The van der Waals surface area contributed by atoms with Gasteiger partial charge in [0.25, 0.3) is 0 Å². The van der Waals surface area contributed by atoms with Crippen LogP contribution in [-0.2, 0) is 11.3 Å². The Balaban J connectivity index is 1.86. The van der Waals surface area contributed by atoms with Gasteiger partial charge in [0, 0.05) is 12.6 Å². The average Bonchev–Trinajstić information content (AvgIpc) is 2.55. The normalized spacial score (nSPS) is 12.2. The largest absolute Gasteiger partial charge is 0.351 e. The minimum Gasteiger partial charge on any atom is -0.351 e. The molecule has 0 unspecified atom stereocenters. The fourth-order valence-electron chi connectivity index (χ4n) is 2.47. The highest BCUT2D eigenvalue weighted by molar-refractivity contribution is 5.78. The zero-order chi connectivity index (χ0) is 16.7. The summed E-state index contributed by atoms with van der Waals surface area (Å²) >= 11 is 0. The monoisotopic (exact) mass is 314 g/mol. The Morgan fingerprint density at radius 2 is 1.70 bits per heavy atom. The SMILES string of the molecule is CC(C)[C@H](NCC(=O)NCc1ccccc1)c1ccc(F)cc1. The molecule has 0 radical (unpaired) electrons. The van der Waals surface area contributed by atoms with Gasteiger partial charge in [-0.25, -0.2) is 4.39 Å². The summed E-state index contributed by atoms with van der Waals surface area (Å²) in [5, 5.41) is 6.15. The minimum atomic E-state index is -0.253. The zero-order valence-corrected chi connectivity index (χ0v) is 13.6. The molecule has 4 heteroatoms. The molecule has 0 fully saturated rings. The molecule has 0 aromatic heterocycles. The van der Waals surface area contributed by atoms with E-state index in [-0.39, 0.29) is 24.3 Å². The van der Waals surface area contributed by atoms with Crippen molar-refractivity contribution >= 4 is 5.91 Å².